The van der Waals surface area contributed by atoms with Crippen LogP contribution in [0.15, 0.2) is 16.5 Å². The summed E-state index contributed by atoms with van der Waals surface area (Å²) < 4.78 is 5.75. The monoisotopic (exact) mass is 236 g/mol. The highest BCUT2D eigenvalue weighted by atomic mass is 16.4. The molecule has 92 valence electrons. The van der Waals surface area contributed by atoms with E-state index in [1.54, 1.807) is 0 Å². The third-order valence-corrected chi connectivity index (χ3v) is 4.14. The van der Waals surface area contributed by atoms with E-state index in [0.717, 1.165) is 12.2 Å². The number of carboxylic acid groups (broad SMARTS) is 1. The lowest BCUT2D eigenvalue weighted by Crippen LogP contribution is -2.33. The van der Waals surface area contributed by atoms with Crippen LogP contribution in [0, 0.1) is 5.92 Å². The predicted octanol–water partition coefficient (Wildman–Crippen LogP) is 1.88. The van der Waals surface area contributed by atoms with Gasteiger partial charge in [-0.1, -0.05) is 6.92 Å². The molecule has 1 heterocycles. The molecule has 1 aromatic heterocycles. The zero-order valence-electron chi connectivity index (χ0n) is 9.72. The Hall–Kier alpha value is -1.29. The van der Waals surface area contributed by atoms with Crippen molar-refractivity contribution in [3.05, 3.63) is 23.7 Å². The molecule has 3 unspecified atom stereocenters. The average Bonchev–Trinajstić information content (AvgIpc) is 3.19. The molecule has 0 spiro atoms. The van der Waals surface area contributed by atoms with Gasteiger partial charge in [-0.25, -0.2) is 4.79 Å². The first-order valence-corrected chi connectivity index (χ1v) is 6.06. The van der Waals surface area contributed by atoms with Crippen molar-refractivity contribution in [1.82, 2.24) is 0 Å². The summed E-state index contributed by atoms with van der Waals surface area (Å²) >= 11 is 0. The number of furan rings is 1. The van der Waals surface area contributed by atoms with Crippen molar-refractivity contribution >= 4 is 5.97 Å². The molecule has 0 aliphatic heterocycles. The van der Waals surface area contributed by atoms with E-state index in [2.05, 4.69) is 6.92 Å². The topological polar surface area (TPSA) is 70.7 Å². The fourth-order valence-electron chi connectivity index (χ4n) is 2.56. The summed E-state index contributed by atoms with van der Waals surface area (Å²) in [6.45, 7) is 2.17. The van der Waals surface area contributed by atoms with Crippen LogP contribution in [0.1, 0.15) is 43.6 Å². The summed E-state index contributed by atoms with van der Waals surface area (Å²) in [5.74, 6) is 1.56. The molecule has 2 saturated carbocycles. The zero-order valence-corrected chi connectivity index (χ0v) is 9.72. The van der Waals surface area contributed by atoms with Crippen LogP contribution in [0.3, 0.4) is 0 Å². The van der Waals surface area contributed by atoms with Gasteiger partial charge in [-0.05, 0) is 37.3 Å². The van der Waals surface area contributed by atoms with E-state index in [-0.39, 0.29) is 0 Å². The van der Waals surface area contributed by atoms with Gasteiger partial charge >= 0.3 is 5.97 Å². The molecule has 4 nitrogen and oxygen atoms in total. The third-order valence-electron chi connectivity index (χ3n) is 4.14. The van der Waals surface area contributed by atoms with E-state index in [1.807, 2.05) is 12.1 Å². The Morgan fingerprint density at radius 3 is 2.65 bits per heavy atom. The molecule has 2 fully saturated rings. The van der Waals surface area contributed by atoms with Crippen molar-refractivity contribution < 1.29 is 19.4 Å². The minimum atomic E-state index is -1.35. The van der Waals surface area contributed by atoms with E-state index in [4.69, 9.17) is 9.52 Å². The molecular formula is C13H16O4. The number of hydrogen-bond donors (Lipinski definition) is 2. The van der Waals surface area contributed by atoms with Gasteiger partial charge in [0.25, 0.3) is 0 Å². The molecule has 0 amide bonds. The van der Waals surface area contributed by atoms with Gasteiger partial charge < -0.3 is 14.6 Å². The van der Waals surface area contributed by atoms with Gasteiger partial charge in [-0.15, -0.1) is 0 Å². The molecule has 3 atom stereocenters. The van der Waals surface area contributed by atoms with E-state index in [1.165, 1.54) is 0 Å². The fraction of sp³-hybridized carbons (Fsp3) is 0.615. The molecule has 2 N–H and O–H groups in total. The highest BCUT2D eigenvalue weighted by Gasteiger charge is 2.56. The quantitative estimate of drug-likeness (QED) is 0.837. The molecule has 2 aliphatic carbocycles. The van der Waals surface area contributed by atoms with Crippen LogP contribution in [0.2, 0.25) is 0 Å². The molecule has 0 radical (unpaired) electrons. The zero-order chi connectivity index (χ0) is 12.2. The average molecular weight is 236 g/mol. The molecule has 1 aromatic rings. The van der Waals surface area contributed by atoms with Crippen molar-refractivity contribution in [2.24, 2.45) is 5.92 Å². The summed E-state index contributed by atoms with van der Waals surface area (Å²) in [5, 5.41) is 18.6. The first kappa shape index (κ1) is 10.8. The standard InChI is InChI=1S/C13H16O4/c1-7-6-8(7)9-2-3-10(17-9)13(4-5-13)11(14)12(15)16/h2-3,7-8,11,14H,4-6H2,1H3,(H,15,16). The highest BCUT2D eigenvalue weighted by Crippen LogP contribution is 2.54. The van der Waals surface area contributed by atoms with Gasteiger partial charge in [-0.3, -0.25) is 0 Å². The highest BCUT2D eigenvalue weighted by molar-refractivity contribution is 5.75. The van der Waals surface area contributed by atoms with Gasteiger partial charge in [0.05, 0.1) is 5.41 Å². The lowest BCUT2D eigenvalue weighted by molar-refractivity contribution is -0.148. The number of aliphatic hydroxyl groups is 1. The Bertz CT molecular complexity index is 458. The first-order chi connectivity index (χ1) is 8.04. The Morgan fingerprint density at radius 2 is 2.18 bits per heavy atom. The van der Waals surface area contributed by atoms with Crippen LogP contribution >= 0.6 is 0 Å². The van der Waals surface area contributed by atoms with Crippen molar-refractivity contribution in [2.45, 2.75) is 43.6 Å². The van der Waals surface area contributed by atoms with Crippen molar-refractivity contribution in [3.63, 3.8) is 0 Å². The molecule has 3 rings (SSSR count). The fourth-order valence-corrected chi connectivity index (χ4v) is 2.56. The Balaban J connectivity index is 1.84. The Kier molecular flexibility index (Phi) is 2.14. The summed E-state index contributed by atoms with van der Waals surface area (Å²) in [6.07, 6.45) is 1.17. The minimum Gasteiger partial charge on any atom is -0.479 e. The summed E-state index contributed by atoms with van der Waals surface area (Å²) in [5.41, 5.74) is -0.664. The van der Waals surface area contributed by atoms with Gasteiger partial charge in [-0.2, -0.15) is 0 Å². The van der Waals surface area contributed by atoms with Crippen LogP contribution in [0.4, 0.5) is 0 Å². The largest absolute Gasteiger partial charge is 0.479 e. The maximum Gasteiger partial charge on any atom is 0.333 e. The van der Waals surface area contributed by atoms with Crippen LogP contribution in [0.25, 0.3) is 0 Å². The number of carbonyl (C=O) groups is 1. The SMILES string of the molecule is CC1CC1c1ccc(C2(C(O)C(=O)O)CC2)o1. The van der Waals surface area contributed by atoms with E-state index >= 15 is 0 Å². The van der Waals surface area contributed by atoms with Crippen molar-refractivity contribution in [3.8, 4) is 0 Å². The van der Waals surface area contributed by atoms with Crippen LogP contribution in [-0.4, -0.2) is 22.3 Å². The number of aliphatic hydroxyl groups excluding tert-OH is 1. The maximum atomic E-state index is 10.9. The second-order valence-electron chi connectivity index (χ2n) is 5.42. The summed E-state index contributed by atoms with van der Waals surface area (Å²) in [4.78, 5) is 10.9. The van der Waals surface area contributed by atoms with Gasteiger partial charge in [0, 0.05) is 5.92 Å². The Labute approximate surface area is 99.2 Å². The first-order valence-electron chi connectivity index (χ1n) is 6.06. The third kappa shape index (κ3) is 1.59. The number of rotatable bonds is 4. The second-order valence-corrected chi connectivity index (χ2v) is 5.42. The van der Waals surface area contributed by atoms with Crippen molar-refractivity contribution in [1.29, 1.82) is 0 Å². The summed E-state index contributed by atoms with van der Waals surface area (Å²) in [6, 6.07) is 3.76. The second kappa shape index (κ2) is 3.35. The lowest BCUT2D eigenvalue weighted by Gasteiger charge is -2.15. The van der Waals surface area contributed by atoms with Gasteiger partial charge in [0.15, 0.2) is 6.10 Å². The molecule has 2 aliphatic rings. The van der Waals surface area contributed by atoms with Gasteiger partial charge in [0.2, 0.25) is 0 Å². The number of hydrogen-bond acceptors (Lipinski definition) is 3. The van der Waals surface area contributed by atoms with Crippen LogP contribution in [-0.2, 0) is 10.2 Å². The maximum absolute atomic E-state index is 10.9. The Morgan fingerprint density at radius 1 is 1.53 bits per heavy atom. The molecule has 17 heavy (non-hydrogen) atoms. The minimum absolute atomic E-state index is 0.488. The predicted molar refractivity (Wildman–Crippen MR) is 59.8 cm³/mol. The lowest BCUT2D eigenvalue weighted by atomic mass is 9.96. The van der Waals surface area contributed by atoms with E-state index < -0.39 is 17.5 Å². The van der Waals surface area contributed by atoms with E-state index in [9.17, 15) is 9.90 Å². The number of aliphatic carboxylic acids is 1. The summed E-state index contributed by atoms with van der Waals surface area (Å²) in [7, 11) is 0. The van der Waals surface area contributed by atoms with Crippen LogP contribution in [0.5, 0.6) is 0 Å². The van der Waals surface area contributed by atoms with E-state index in [0.29, 0.717) is 30.4 Å². The molecule has 0 saturated heterocycles. The normalized spacial score (nSPS) is 30.9. The molecule has 0 aromatic carbocycles. The van der Waals surface area contributed by atoms with Crippen LogP contribution < -0.4 is 0 Å². The smallest absolute Gasteiger partial charge is 0.333 e. The number of carboxylic acids is 1. The van der Waals surface area contributed by atoms with Gasteiger partial charge in [0.1, 0.15) is 11.5 Å². The van der Waals surface area contributed by atoms with Crippen molar-refractivity contribution in [2.75, 3.05) is 0 Å². The molecule has 4 heteroatoms. The molecular weight excluding hydrogens is 220 g/mol. The molecule has 0 bridgehead atoms.